The fourth-order valence-electron chi connectivity index (χ4n) is 1.57. The molecule has 0 saturated heterocycles. The second-order valence-corrected chi connectivity index (χ2v) is 4.25. The van der Waals surface area contributed by atoms with Crippen LogP contribution < -0.4 is 4.90 Å². The van der Waals surface area contributed by atoms with Crippen LogP contribution in [0.15, 0.2) is 24.3 Å². The monoisotopic (exact) mass is 249 g/mol. The molecule has 0 bridgehead atoms. The number of carbonyl (C=O) groups is 2. The van der Waals surface area contributed by atoms with Gasteiger partial charge in [0, 0.05) is 18.7 Å². The Kier molecular flexibility index (Phi) is 4.89. The summed E-state index contributed by atoms with van der Waals surface area (Å²) in [5.41, 5.74) is 1.25. The van der Waals surface area contributed by atoms with E-state index in [9.17, 15) is 9.59 Å². The molecule has 1 unspecified atom stereocenters. The molecule has 1 atom stereocenters. The molecule has 0 radical (unpaired) electrons. The van der Waals surface area contributed by atoms with Gasteiger partial charge in [0.25, 0.3) is 0 Å². The molecule has 98 valence electrons. The van der Waals surface area contributed by atoms with Crippen molar-refractivity contribution in [2.24, 2.45) is 5.92 Å². The number of hydrogen-bond acceptors (Lipinski definition) is 3. The lowest BCUT2D eigenvalue weighted by Gasteiger charge is -2.20. The van der Waals surface area contributed by atoms with Crippen molar-refractivity contribution < 1.29 is 14.3 Å². The van der Waals surface area contributed by atoms with Crippen LogP contribution in [0.1, 0.15) is 30.6 Å². The average molecular weight is 249 g/mol. The van der Waals surface area contributed by atoms with E-state index >= 15 is 0 Å². The predicted octanol–water partition coefficient (Wildman–Crippen LogP) is 2.48. The smallest absolute Gasteiger partial charge is 0.337 e. The largest absolute Gasteiger partial charge is 0.465 e. The zero-order chi connectivity index (χ0) is 13.7. The molecule has 0 fully saturated rings. The molecule has 0 N–H and O–H groups in total. The Balaban J connectivity index is 2.85. The molecule has 0 heterocycles. The minimum absolute atomic E-state index is 0.00437. The summed E-state index contributed by atoms with van der Waals surface area (Å²) in [6.07, 6.45) is 0.809. The molecule has 0 aliphatic heterocycles. The number of nitrogens with zero attached hydrogens (tertiary/aromatic N) is 1. The zero-order valence-corrected chi connectivity index (χ0v) is 11.3. The van der Waals surface area contributed by atoms with Gasteiger partial charge in [-0.2, -0.15) is 0 Å². The first-order valence-electron chi connectivity index (χ1n) is 5.97. The summed E-state index contributed by atoms with van der Waals surface area (Å²) >= 11 is 0. The summed E-state index contributed by atoms with van der Waals surface area (Å²) in [7, 11) is 3.08. The van der Waals surface area contributed by atoms with Crippen LogP contribution >= 0.6 is 0 Å². The highest BCUT2D eigenvalue weighted by Gasteiger charge is 2.17. The second-order valence-electron chi connectivity index (χ2n) is 4.25. The van der Waals surface area contributed by atoms with Crippen LogP contribution in [0.5, 0.6) is 0 Å². The van der Waals surface area contributed by atoms with Crippen molar-refractivity contribution in [2.75, 3.05) is 19.1 Å². The number of anilines is 1. The average Bonchev–Trinajstić information content (AvgIpc) is 2.44. The van der Waals surface area contributed by atoms with E-state index in [0.717, 1.165) is 12.1 Å². The molecule has 1 rings (SSSR count). The Labute approximate surface area is 108 Å². The number of methoxy groups -OCH3 is 1. The molecule has 4 nitrogen and oxygen atoms in total. The van der Waals surface area contributed by atoms with Crippen molar-refractivity contribution >= 4 is 17.6 Å². The van der Waals surface area contributed by atoms with Crippen molar-refractivity contribution in [3.63, 3.8) is 0 Å². The fraction of sp³-hybridized carbons (Fsp3) is 0.429. The van der Waals surface area contributed by atoms with Crippen molar-refractivity contribution in [3.05, 3.63) is 29.8 Å². The van der Waals surface area contributed by atoms with Crippen LogP contribution in [0.25, 0.3) is 0 Å². The highest BCUT2D eigenvalue weighted by atomic mass is 16.5. The number of ether oxygens (including phenoxy) is 1. The molecule has 0 aliphatic carbocycles. The number of hydrogen-bond donors (Lipinski definition) is 0. The van der Waals surface area contributed by atoms with E-state index in [0.29, 0.717) is 5.56 Å². The second kappa shape index (κ2) is 6.19. The van der Waals surface area contributed by atoms with Crippen LogP contribution in [0, 0.1) is 5.92 Å². The van der Waals surface area contributed by atoms with Crippen molar-refractivity contribution in [1.29, 1.82) is 0 Å². The lowest BCUT2D eigenvalue weighted by molar-refractivity contribution is -0.121. The third-order valence-corrected chi connectivity index (χ3v) is 3.04. The quantitative estimate of drug-likeness (QED) is 0.770. The fourth-order valence-corrected chi connectivity index (χ4v) is 1.57. The minimum Gasteiger partial charge on any atom is -0.465 e. The molecule has 1 aromatic carbocycles. The first kappa shape index (κ1) is 14.2. The van der Waals surface area contributed by atoms with Gasteiger partial charge in [0.05, 0.1) is 12.7 Å². The van der Waals surface area contributed by atoms with E-state index < -0.39 is 0 Å². The summed E-state index contributed by atoms with van der Waals surface area (Å²) in [5, 5.41) is 0. The van der Waals surface area contributed by atoms with Crippen LogP contribution in [-0.4, -0.2) is 26.0 Å². The highest BCUT2D eigenvalue weighted by Crippen LogP contribution is 2.17. The molecule has 0 aliphatic rings. The van der Waals surface area contributed by atoms with Crippen LogP contribution in [0.4, 0.5) is 5.69 Å². The molecular formula is C14H19NO3. The summed E-state index contributed by atoms with van der Waals surface area (Å²) in [6.45, 7) is 3.89. The van der Waals surface area contributed by atoms with Crippen LogP contribution in [-0.2, 0) is 9.53 Å². The van der Waals surface area contributed by atoms with Gasteiger partial charge < -0.3 is 9.64 Å². The predicted molar refractivity (Wildman–Crippen MR) is 70.6 cm³/mol. The van der Waals surface area contributed by atoms with E-state index in [4.69, 9.17) is 0 Å². The molecular weight excluding hydrogens is 230 g/mol. The van der Waals surface area contributed by atoms with Crippen molar-refractivity contribution in [3.8, 4) is 0 Å². The van der Waals surface area contributed by atoms with Gasteiger partial charge in [-0.15, -0.1) is 0 Å². The Bertz CT molecular complexity index is 425. The van der Waals surface area contributed by atoms with Crippen LogP contribution in [0.2, 0.25) is 0 Å². The molecule has 18 heavy (non-hydrogen) atoms. The summed E-state index contributed by atoms with van der Waals surface area (Å²) in [5.74, 6) is -0.309. The van der Waals surface area contributed by atoms with Gasteiger partial charge in [-0.05, 0) is 30.7 Å². The maximum absolute atomic E-state index is 12.0. The van der Waals surface area contributed by atoms with Crippen LogP contribution in [0.3, 0.4) is 0 Å². The maximum atomic E-state index is 12.0. The number of esters is 1. The Hall–Kier alpha value is -1.84. The Morgan fingerprint density at radius 3 is 2.28 bits per heavy atom. The molecule has 4 heteroatoms. The van der Waals surface area contributed by atoms with Gasteiger partial charge in [-0.1, -0.05) is 13.8 Å². The van der Waals surface area contributed by atoms with Gasteiger partial charge in [0.15, 0.2) is 0 Å². The normalized spacial score (nSPS) is 11.8. The maximum Gasteiger partial charge on any atom is 0.337 e. The number of benzene rings is 1. The Morgan fingerprint density at radius 1 is 1.28 bits per heavy atom. The summed E-state index contributed by atoms with van der Waals surface area (Å²) in [4.78, 5) is 24.9. The highest BCUT2D eigenvalue weighted by molar-refractivity contribution is 5.95. The van der Waals surface area contributed by atoms with Gasteiger partial charge >= 0.3 is 5.97 Å². The topological polar surface area (TPSA) is 46.6 Å². The number of rotatable bonds is 4. The third kappa shape index (κ3) is 3.09. The van der Waals surface area contributed by atoms with Crippen molar-refractivity contribution in [2.45, 2.75) is 20.3 Å². The van der Waals surface area contributed by atoms with Gasteiger partial charge in [-0.3, -0.25) is 4.79 Å². The molecule has 0 spiro atoms. The van der Waals surface area contributed by atoms with E-state index in [1.165, 1.54) is 7.11 Å². The van der Waals surface area contributed by atoms with Gasteiger partial charge in [0.2, 0.25) is 5.91 Å². The first-order chi connectivity index (χ1) is 8.51. The number of amides is 1. The molecule has 1 amide bonds. The Morgan fingerprint density at radius 2 is 1.83 bits per heavy atom. The van der Waals surface area contributed by atoms with Crippen molar-refractivity contribution in [1.82, 2.24) is 0 Å². The minimum atomic E-state index is -0.377. The van der Waals surface area contributed by atoms with E-state index in [2.05, 4.69) is 4.74 Å². The molecule has 0 saturated carbocycles. The lowest BCUT2D eigenvalue weighted by Crippen LogP contribution is -2.31. The summed E-state index contributed by atoms with van der Waals surface area (Å²) in [6, 6.07) is 6.79. The standard InChI is InChI=1S/C14H19NO3/c1-5-10(2)13(16)15(3)12-8-6-11(7-9-12)14(17)18-4/h6-10H,5H2,1-4H3. The SMILES string of the molecule is CCC(C)C(=O)N(C)c1ccc(C(=O)OC)cc1. The first-order valence-corrected chi connectivity index (χ1v) is 5.97. The van der Waals surface area contributed by atoms with Gasteiger partial charge in [-0.25, -0.2) is 4.79 Å². The number of carbonyl (C=O) groups excluding carboxylic acids is 2. The van der Waals surface area contributed by atoms with Gasteiger partial charge in [0.1, 0.15) is 0 Å². The zero-order valence-electron chi connectivity index (χ0n) is 11.3. The third-order valence-electron chi connectivity index (χ3n) is 3.04. The summed E-state index contributed by atoms with van der Waals surface area (Å²) < 4.78 is 4.62. The molecule has 1 aromatic rings. The van der Waals surface area contributed by atoms with E-state index in [-0.39, 0.29) is 17.8 Å². The lowest BCUT2D eigenvalue weighted by atomic mass is 10.1. The van der Waals surface area contributed by atoms with E-state index in [1.807, 2.05) is 13.8 Å². The van der Waals surface area contributed by atoms with E-state index in [1.54, 1.807) is 36.2 Å². The molecule has 0 aromatic heterocycles.